The number of para-hydroxylation sites is 1. The molecule has 1 aromatic heterocycles. The van der Waals surface area contributed by atoms with Gasteiger partial charge in [-0.3, -0.25) is 0 Å². The Morgan fingerprint density at radius 3 is 2.65 bits per heavy atom. The number of nitrogens with one attached hydrogen (secondary N) is 2. The highest BCUT2D eigenvalue weighted by molar-refractivity contribution is 5.77. The summed E-state index contributed by atoms with van der Waals surface area (Å²) in [7, 11) is 0. The molecule has 0 spiro atoms. The van der Waals surface area contributed by atoms with Gasteiger partial charge in [0.15, 0.2) is 0 Å². The van der Waals surface area contributed by atoms with E-state index in [4.69, 9.17) is 9.15 Å². The van der Waals surface area contributed by atoms with E-state index in [2.05, 4.69) is 27.7 Å². The molecule has 6 heteroatoms. The van der Waals surface area contributed by atoms with Crippen LogP contribution in [0.15, 0.2) is 52.9 Å². The van der Waals surface area contributed by atoms with Crippen LogP contribution in [-0.2, 0) is 11.2 Å². The second-order valence-electron chi connectivity index (χ2n) is 9.03. The summed E-state index contributed by atoms with van der Waals surface area (Å²) in [5, 5.41) is 8.28. The number of piperidine rings is 1. The molecule has 2 saturated heterocycles. The number of fused-ring (bicyclic) bond motifs is 2. The third kappa shape index (κ3) is 3.68. The lowest BCUT2D eigenvalue weighted by Gasteiger charge is -2.29. The van der Waals surface area contributed by atoms with Gasteiger partial charge in [0.2, 0.25) is 0 Å². The van der Waals surface area contributed by atoms with E-state index in [1.807, 2.05) is 30.3 Å². The lowest BCUT2D eigenvalue weighted by Crippen LogP contribution is -2.36. The fraction of sp³-hybridized carbons (Fsp3) is 0.440. The Kier molecular flexibility index (Phi) is 4.84. The molecule has 31 heavy (non-hydrogen) atoms. The zero-order chi connectivity index (χ0) is 20.8. The van der Waals surface area contributed by atoms with E-state index in [0.29, 0.717) is 36.7 Å². The van der Waals surface area contributed by atoms with E-state index < -0.39 is 0 Å². The van der Waals surface area contributed by atoms with Crippen LogP contribution in [0.25, 0.3) is 11.0 Å². The molecule has 6 rings (SSSR count). The van der Waals surface area contributed by atoms with Gasteiger partial charge in [0.1, 0.15) is 17.2 Å². The van der Waals surface area contributed by atoms with Crippen molar-refractivity contribution in [2.75, 3.05) is 49.6 Å². The topological polar surface area (TPSA) is 49.7 Å². The molecule has 0 amide bonds. The van der Waals surface area contributed by atoms with Crippen LogP contribution in [0.5, 0.6) is 0 Å². The number of furan rings is 1. The van der Waals surface area contributed by atoms with Crippen LogP contribution in [0, 0.1) is 23.6 Å². The van der Waals surface area contributed by atoms with Crippen LogP contribution in [-0.4, -0.2) is 45.4 Å². The van der Waals surface area contributed by atoms with E-state index >= 15 is 0 Å². The highest BCUT2D eigenvalue weighted by atomic mass is 19.1. The van der Waals surface area contributed by atoms with Gasteiger partial charge in [-0.1, -0.05) is 18.2 Å². The standard InChI is InChI=1S/C25H28FN3O2/c26-21-12-17(5-6-23(21)29-7-9-30-10-8-29)28-22(25-19-14-27-15-20(19)25)13-18-11-16-3-1-2-4-24(16)31-18/h1-6,11-12,19-20,22,25,27-28H,7-10,13-15H2. The number of anilines is 2. The summed E-state index contributed by atoms with van der Waals surface area (Å²) < 4.78 is 26.5. The van der Waals surface area contributed by atoms with Gasteiger partial charge in [-0.15, -0.1) is 0 Å². The van der Waals surface area contributed by atoms with Crippen molar-refractivity contribution in [1.29, 1.82) is 0 Å². The van der Waals surface area contributed by atoms with Crippen LogP contribution in [0.2, 0.25) is 0 Å². The highest BCUT2D eigenvalue weighted by Crippen LogP contribution is 2.52. The van der Waals surface area contributed by atoms with Gasteiger partial charge in [-0.05, 0) is 61.2 Å². The van der Waals surface area contributed by atoms with Crippen LogP contribution >= 0.6 is 0 Å². The van der Waals surface area contributed by atoms with Crippen molar-refractivity contribution in [1.82, 2.24) is 5.32 Å². The monoisotopic (exact) mass is 421 g/mol. The molecule has 1 aliphatic carbocycles. The van der Waals surface area contributed by atoms with E-state index in [0.717, 1.165) is 55.0 Å². The van der Waals surface area contributed by atoms with Gasteiger partial charge in [0.25, 0.3) is 0 Å². The van der Waals surface area contributed by atoms with Crippen molar-refractivity contribution in [2.24, 2.45) is 17.8 Å². The fourth-order valence-corrected chi connectivity index (χ4v) is 5.57. The average molecular weight is 422 g/mol. The van der Waals surface area contributed by atoms with Crippen LogP contribution < -0.4 is 15.5 Å². The molecule has 162 valence electrons. The van der Waals surface area contributed by atoms with Crippen molar-refractivity contribution >= 4 is 22.3 Å². The molecule has 0 radical (unpaired) electrons. The lowest BCUT2D eigenvalue weighted by atomic mass is 10.0. The zero-order valence-corrected chi connectivity index (χ0v) is 17.5. The number of hydrogen-bond acceptors (Lipinski definition) is 5. The molecule has 3 unspecified atom stereocenters. The normalized spacial score (nSPS) is 26.1. The number of nitrogens with zero attached hydrogens (tertiary/aromatic N) is 1. The minimum atomic E-state index is -0.174. The fourth-order valence-electron chi connectivity index (χ4n) is 5.57. The summed E-state index contributed by atoms with van der Waals surface area (Å²) in [6.07, 6.45) is 0.805. The predicted molar refractivity (Wildman–Crippen MR) is 120 cm³/mol. The first-order valence-corrected chi connectivity index (χ1v) is 11.3. The maximum Gasteiger partial charge on any atom is 0.148 e. The number of halogens is 1. The van der Waals surface area contributed by atoms with Crippen molar-refractivity contribution in [2.45, 2.75) is 12.5 Å². The second kappa shape index (κ2) is 7.84. The van der Waals surface area contributed by atoms with Crippen molar-refractivity contribution in [3.8, 4) is 0 Å². The second-order valence-corrected chi connectivity index (χ2v) is 9.03. The van der Waals surface area contributed by atoms with Crippen molar-refractivity contribution < 1.29 is 13.5 Å². The molecule has 5 nitrogen and oxygen atoms in total. The molecule has 3 fully saturated rings. The quantitative estimate of drug-likeness (QED) is 0.632. The van der Waals surface area contributed by atoms with Crippen LogP contribution in [0.3, 0.4) is 0 Å². The molecule has 3 heterocycles. The number of hydrogen-bond donors (Lipinski definition) is 2. The summed E-state index contributed by atoms with van der Waals surface area (Å²) in [4.78, 5) is 2.06. The minimum Gasteiger partial charge on any atom is -0.461 e. The largest absolute Gasteiger partial charge is 0.461 e. The molecular weight excluding hydrogens is 393 g/mol. The summed E-state index contributed by atoms with van der Waals surface area (Å²) in [6.45, 7) is 4.93. The van der Waals surface area contributed by atoms with E-state index in [1.54, 1.807) is 6.07 Å². The van der Waals surface area contributed by atoms with Gasteiger partial charge in [0.05, 0.1) is 18.9 Å². The van der Waals surface area contributed by atoms with Gasteiger partial charge < -0.3 is 24.7 Å². The van der Waals surface area contributed by atoms with Crippen molar-refractivity contribution in [3.05, 3.63) is 60.1 Å². The van der Waals surface area contributed by atoms with Crippen molar-refractivity contribution in [3.63, 3.8) is 0 Å². The Morgan fingerprint density at radius 2 is 1.87 bits per heavy atom. The molecule has 3 aliphatic rings. The minimum absolute atomic E-state index is 0.174. The molecule has 3 atom stereocenters. The summed E-state index contributed by atoms with van der Waals surface area (Å²) in [5.41, 5.74) is 2.43. The maximum absolute atomic E-state index is 14.9. The number of rotatable bonds is 6. The first-order chi connectivity index (χ1) is 15.3. The van der Waals surface area contributed by atoms with E-state index in [-0.39, 0.29) is 11.9 Å². The van der Waals surface area contributed by atoms with Gasteiger partial charge in [-0.25, -0.2) is 4.39 Å². The van der Waals surface area contributed by atoms with E-state index in [1.165, 1.54) is 0 Å². The Hall–Kier alpha value is -2.57. The number of ether oxygens (including phenoxy) is 1. The lowest BCUT2D eigenvalue weighted by molar-refractivity contribution is 0.122. The summed E-state index contributed by atoms with van der Waals surface area (Å²) in [5.74, 6) is 2.82. The Labute approximate surface area is 181 Å². The zero-order valence-electron chi connectivity index (χ0n) is 17.5. The predicted octanol–water partition coefficient (Wildman–Crippen LogP) is 3.90. The molecule has 3 aromatic rings. The first kappa shape index (κ1) is 19.1. The molecule has 2 N–H and O–H groups in total. The molecule has 0 bridgehead atoms. The number of morpholine rings is 1. The van der Waals surface area contributed by atoms with Gasteiger partial charge >= 0.3 is 0 Å². The van der Waals surface area contributed by atoms with Crippen LogP contribution in [0.4, 0.5) is 15.8 Å². The maximum atomic E-state index is 14.9. The molecule has 1 saturated carbocycles. The summed E-state index contributed by atoms with van der Waals surface area (Å²) in [6, 6.07) is 16.1. The molecule has 2 aromatic carbocycles. The third-order valence-corrected chi connectivity index (χ3v) is 7.17. The highest BCUT2D eigenvalue weighted by Gasteiger charge is 2.56. The Bertz CT molecular complexity index is 1030. The molecule has 2 aliphatic heterocycles. The third-order valence-electron chi connectivity index (χ3n) is 7.17. The number of benzene rings is 2. The van der Waals surface area contributed by atoms with Crippen LogP contribution in [0.1, 0.15) is 5.76 Å². The Balaban J connectivity index is 1.23. The molecular formula is C25H28FN3O2. The average Bonchev–Trinajstić information content (AvgIpc) is 3.11. The summed E-state index contributed by atoms with van der Waals surface area (Å²) >= 11 is 0. The first-order valence-electron chi connectivity index (χ1n) is 11.3. The Morgan fingerprint density at radius 1 is 1.06 bits per heavy atom. The van der Waals surface area contributed by atoms with Gasteiger partial charge in [0, 0.05) is 36.6 Å². The van der Waals surface area contributed by atoms with Gasteiger partial charge in [-0.2, -0.15) is 0 Å². The van der Waals surface area contributed by atoms with E-state index in [9.17, 15) is 4.39 Å². The SMILES string of the molecule is Fc1cc(NC(Cc2cc3ccccc3o2)C2C3CNCC32)ccc1N1CCOCC1. The smallest absolute Gasteiger partial charge is 0.148 e.